The van der Waals surface area contributed by atoms with Crippen molar-refractivity contribution in [2.45, 2.75) is 74.5 Å². The van der Waals surface area contributed by atoms with Crippen LogP contribution in [0.3, 0.4) is 0 Å². The molecule has 4 heterocycles. The number of hydrogen-bond donors (Lipinski definition) is 0. The van der Waals surface area contributed by atoms with E-state index in [0.29, 0.717) is 16.2 Å². The number of anilines is 3. The smallest absolute Gasteiger partial charge is 0.333 e. The minimum atomic E-state index is -0.429. The van der Waals surface area contributed by atoms with Gasteiger partial charge in [-0.25, -0.2) is 0 Å². The molecule has 2 spiro atoms. The monoisotopic (exact) mass is 818 g/mol. The Morgan fingerprint density at radius 3 is 2.06 bits per heavy atom. The van der Waals surface area contributed by atoms with Gasteiger partial charge in [0.25, 0.3) is 0 Å². The van der Waals surface area contributed by atoms with Crippen LogP contribution in [0.1, 0.15) is 90.3 Å². The van der Waals surface area contributed by atoms with Crippen LogP contribution in [0.15, 0.2) is 133 Å². The summed E-state index contributed by atoms with van der Waals surface area (Å²) < 4.78 is 2.88. The molecule has 20 rings (SSSR count). The van der Waals surface area contributed by atoms with Gasteiger partial charge in [-0.1, -0.05) is 97.1 Å². The maximum atomic E-state index is 2.88. The van der Waals surface area contributed by atoms with Crippen molar-refractivity contribution in [1.29, 1.82) is 0 Å². The zero-order chi connectivity index (χ0) is 41.0. The first-order valence-electron chi connectivity index (χ1n) is 25.1. The Hall–Kier alpha value is -5.80. The van der Waals surface area contributed by atoms with Gasteiger partial charge in [0, 0.05) is 49.6 Å². The molecule has 3 heteroatoms. The number of para-hydroxylation sites is 2. The van der Waals surface area contributed by atoms with Crippen LogP contribution in [0.5, 0.6) is 0 Å². The van der Waals surface area contributed by atoms with E-state index in [4.69, 9.17) is 0 Å². The fourth-order valence-corrected chi connectivity index (χ4v) is 20.3. The summed E-state index contributed by atoms with van der Waals surface area (Å²) in [6, 6.07) is 54.2. The van der Waals surface area contributed by atoms with Crippen LogP contribution >= 0.6 is 0 Å². The molecule has 64 heavy (non-hydrogen) atoms. The summed E-state index contributed by atoms with van der Waals surface area (Å²) >= 11 is 0. The van der Waals surface area contributed by atoms with Crippen LogP contribution in [-0.2, 0) is 16.2 Å². The molecule has 8 saturated carbocycles. The number of rotatable bonds is 2. The molecule has 2 nitrogen and oxygen atoms in total. The Morgan fingerprint density at radius 1 is 0.562 bits per heavy atom. The second-order valence-corrected chi connectivity index (χ2v) is 23.2. The maximum Gasteiger partial charge on any atom is 0.333 e. The SMILES string of the molecule is Cc1cc2c3c(c1)N1c4ccccc4C4(c5ccccc5-c5ccccc54)c4cccc(c41)B3n1c3ccc(C45CC6CC4CCC65)cc3c3cc(C45CC6CC7CC(C4)C765)cc-2c31. The van der Waals surface area contributed by atoms with E-state index in [1.807, 2.05) is 0 Å². The minimum Gasteiger partial charge on any atom is -0.375 e. The first-order valence-corrected chi connectivity index (χ1v) is 25.1. The van der Waals surface area contributed by atoms with Crippen LogP contribution in [0.4, 0.5) is 17.1 Å². The number of benzene rings is 7. The Balaban J connectivity index is 0.943. The standard InChI is InChI=1S/C61H47BN2/c1-32-21-43-45-28-36(58-30-38-24-37-25-39(31-58)61(37,38)58)27-44-42-26-35(59-29-33-23-34(59)17-19-46(33)59)18-20-52(42)64(56(44)45)62-51-15-8-14-50-57(51)63(54(22-32)55(43)62)53-16-7-6-13-49(53)60(50)47-11-4-2-9-40(47)41-10-3-5-12-48(41)60/h2-16,18,20-22,26-28,33-34,37-39,46H,17,19,23-25,29-31H2,1H3. The van der Waals surface area contributed by atoms with Crippen molar-refractivity contribution in [3.05, 3.63) is 172 Å². The highest BCUT2D eigenvalue weighted by Gasteiger charge is 2.87. The van der Waals surface area contributed by atoms with Crippen molar-refractivity contribution < 1.29 is 0 Å². The normalized spacial score (nSPS) is 33.5. The van der Waals surface area contributed by atoms with E-state index < -0.39 is 5.41 Å². The number of aromatic nitrogens is 1. The summed E-state index contributed by atoms with van der Waals surface area (Å²) in [5.74, 6) is 5.72. The molecule has 304 valence electrons. The van der Waals surface area contributed by atoms with Gasteiger partial charge in [0.05, 0.1) is 11.1 Å². The number of hydrogen-bond acceptors (Lipinski definition) is 1. The molecule has 7 aromatic carbocycles. The summed E-state index contributed by atoms with van der Waals surface area (Å²) in [5, 5.41) is 3.06. The van der Waals surface area contributed by atoms with E-state index >= 15 is 0 Å². The van der Waals surface area contributed by atoms with Crippen LogP contribution < -0.4 is 15.8 Å². The third-order valence-electron chi connectivity index (χ3n) is 22.0. The molecule has 3 aliphatic heterocycles. The van der Waals surface area contributed by atoms with Crippen LogP contribution in [0, 0.1) is 47.8 Å². The molecule has 0 saturated heterocycles. The molecule has 0 N–H and O–H groups in total. The molecule has 6 atom stereocenters. The fraction of sp³-hybridized carbons (Fsp3) is 0.311. The summed E-state index contributed by atoms with van der Waals surface area (Å²) in [6.45, 7) is 2.43. The first kappa shape index (κ1) is 32.8. The molecule has 9 aliphatic carbocycles. The fourth-order valence-electron chi connectivity index (χ4n) is 20.3. The lowest BCUT2D eigenvalue weighted by atomic mass is 9.12. The Labute approximate surface area is 374 Å². The lowest BCUT2D eigenvalue weighted by molar-refractivity contribution is -0.395. The van der Waals surface area contributed by atoms with Crippen molar-refractivity contribution in [2.24, 2.45) is 40.9 Å². The van der Waals surface area contributed by atoms with Crippen LogP contribution in [0.25, 0.3) is 44.1 Å². The summed E-state index contributed by atoms with van der Waals surface area (Å²) in [5.41, 5.74) is 27.0. The molecular formula is C61H47BN2. The van der Waals surface area contributed by atoms with Gasteiger partial charge in [-0.3, -0.25) is 0 Å². The molecule has 8 fully saturated rings. The van der Waals surface area contributed by atoms with E-state index in [-0.39, 0.29) is 6.85 Å². The van der Waals surface area contributed by atoms with E-state index in [2.05, 4.69) is 150 Å². The van der Waals surface area contributed by atoms with Crippen molar-refractivity contribution in [2.75, 3.05) is 4.90 Å². The second-order valence-electron chi connectivity index (χ2n) is 23.2. The van der Waals surface area contributed by atoms with Crippen LogP contribution in [0.2, 0.25) is 0 Å². The first-order chi connectivity index (χ1) is 31.6. The summed E-state index contributed by atoms with van der Waals surface area (Å²) in [7, 11) is 0. The van der Waals surface area contributed by atoms with Crippen molar-refractivity contribution in [3.8, 4) is 22.3 Å². The highest BCUT2D eigenvalue weighted by molar-refractivity contribution is 6.90. The average molecular weight is 819 g/mol. The second kappa shape index (κ2) is 9.89. The van der Waals surface area contributed by atoms with Gasteiger partial charge in [-0.05, 0) is 202 Å². The van der Waals surface area contributed by atoms with Crippen molar-refractivity contribution in [1.82, 2.24) is 4.48 Å². The molecule has 6 unspecified atom stereocenters. The van der Waals surface area contributed by atoms with Gasteiger partial charge >= 0.3 is 6.85 Å². The number of aryl methyl sites for hydroxylation is 1. The Morgan fingerprint density at radius 2 is 1.31 bits per heavy atom. The Bertz CT molecular complexity index is 3560. The molecular weight excluding hydrogens is 771 g/mol. The predicted molar refractivity (Wildman–Crippen MR) is 259 cm³/mol. The van der Waals surface area contributed by atoms with Gasteiger partial charge in [-0.15, -0.1) is 0 Å². The lowest BCUT2D eigenvalue weighted by Gasteiger charge is -2.91. The van der Waals surface area contributed by atoms with Gasteiger partial charge in [-0.2, -0.15) is 0 Å². The van der Waals surface area contributed by atoms with Crippen molar-refractivity contribution >= 4 is 56.6 Å². The van der Waals surface area contributed by atoms with E-state index in [1.165, 1.54) is 151 Å². The number of fused-ring (bicyclic) bond motifs is 16. The maximum absolute atomic E-state index is 2.88. The molecule has 8 aromatic rings. The summed E-state index contributed by atoms with van der Waals surface area (Å²) in [6.07, 6.45) is 11.7. The van der Waals surface area contributed by atoms with E-state index in [1.54, 1.807) is 11.1 Å². The summed E-state index contributed by atoms with van der Waals surface area (Å²) in [4.78, 5) is 2.73. The lowest BCUT2D eigenvalue weighted by Crippen LogP contribution is -2.87. The van der Waals surface area contributed by atoms with Gasteiger partial charge in [0.2, 0.25) is 0 Å². The van der Waals surface area contributed by atoms with Gasteiger partial charge < -0.3 is 9.38 Å². The molecule has 12 aliphatic rings. The van der Waals surface area contributed by atoms with E-state index in [0.717, 1.165) is 35.5 Å². The average Bonchev–Trinajstić information content (AvgIpc) is 4.07. The zero-order valence-corrected chi connectivity index (χ0v) is 36.3. The topological polar surface area (TPSA) is 8.17 Å². The molecule has 1 aromatic heterocycles. The number of nitrogens with zero attached hydrogens (tertiary/aromatic N) is 2. The van der Waals surface area contributed by atoms with Gasteiger partial charge in [0.15, 0.2) is 0 Å². The van der Waals surface area contributed by atoms with Crippen LogP contribution in [-0.4, -0.2) is 11.3 Å². The molecule has 0 amide bonds. The van der Waals surface area contributed by atoms with E-state index in [9.17, 15) is 0 Å². The third-order valence-corrected chi connectivity index (χ3v) is 22.0. The highest BCUT2D eigenvalue weighted by atomic mass is 15.2. The Kier molecular flexibility index (Phi) is 5.07. The zero-order valence-electron chi connectivity index (χ0n) is 36.3. The highest BCUT2D eigenvalue weighted by Crippen LogP contribution is 2.92. The third kappa shape index (κ3) is 2.94. The van der Waals surface area contributed by atoms with Crippen molar-refractivity contribution in [3.63, 3.8) is 0 Å². The molecule has 4 bridgehead atoms. The largest absolute Gasteiger partial charge is 0.375 e. The van der Waals surface area contributed by atoms with Gasteiger partial charge in [0.1, 0.15) is 0 Å². The quantitative estimate of drug-likeness (QED) is 0.158. The minimum absolute atomic E-state index is 0.0599. The molecule has 0 radical (unpaired) electrons. The predicted octanol–water partition coefficient (Wildman–Crippen LogP) is 12.6.